The largest absolute Gasteiger partial charge is 0.490 e. The summed E-state index contributed by atoms with van der Waals surface area (Å²) in [5.41, 5.74) is 2.66. The number of aromatic nitrogens is 2. The van der Waals surface area contributed by atoms with Gasteiger partial charge in [-0.3, -0.25) is 9.36 Å². The van der Waals surface area contributed by atoms with Crippen molar-refractivity contribution in [2.45, 2.75) is 88.3 Å². The molecule has 2 atom stereocenters. The maximum atomic E-state index is 13.7. The van der Waals surface area contributed by atoms with Gasteiger partial charge in [0.15, 0.2) is 5.82 Å². The molecule has 0 spiro atoms. The first-order valence-corrected chi connectivity index (χ1v) is 14.4. The van der Waals surface area contributed by atoms with Crippen molar-refractivity contribution in [1.29, 1.82) is 0 Å². The highest BCUT2D eigenvalue weighted by Gasteiger charge is 2.39. The van der Waals surface area contributed by atoms with E-state index in [9.17, 15) is 4.79 Å². The molecule has 2 aromatic heterocycles. The van der Waals surface area contributed by atoms with E-state index in [1.54, 1.807) is 15.9 Å². The van der Waals surface area contributed by atoms with Gasteiger partial charge in [0.25, 0.3) is 5.56 Å². The highest BCUT2D eigenvalue weighted by molar-refractivity contribution is 7.19. The maximum absolute atomic E-state index is 13.7. The molecule has 2 aliphatic carbocycles. The van der Waals surface area contributed by atoms with Gasteiger partial charge in [0, 0.05) is 17.0 Å². The van der Waals surface area contributed by atoms with Gasteiger partial charge in [-0.15, -0.1) is 17.8 Å². The summed E-state index contributed by atoms with van der Waals surface area (Å²) in [7, 11) is 2.27. The van der Waals surface area contributed by atoms with Crippen LogP contribution in [0.1, 0.15) is 80.0 Å². The summed E-state index contributed by atoms with van der Waals surface area (Å²) in [6, 6.07) is 9.54. The predicted octanol–water partition coefficient (Wildman–Crippen LogP) is 5.65. The van der Waals surface area contributed by atoms with Gasteiger partial charge in [0.05, 0.1) is 11.2 Å². The molecule has 5 nitrogen and oxygen atoms in total. The van der Waals surface area contributed by atoms with Crippen molar-refractivity contribution in [2.75, 3.05) is 7.05 Å². The molecule has 2 saturated heterocycles. The first-order chi connectivity index (χ1) is 17.6. The van der Waals surface area contributed by atoms with Crippen molar-refractivity contribution < 1.29 is 4.74 Å². The van der Waals surface area contributed by atoms with Crippen LogP contribution in [0, 0.1) is 18.3 Å². The molecular weight excluding hydrogens is 466 g/mol. The number of ether oxygens (including phenoxy) is 1. The molecule has 7 rings (SSSR count). The smallest absolute Gasteiger partial charge is 0.276 e. The summed E-state index contributed by atoms with van der Waals surface area (Å²) in [4.78, 5) is 22.2. The van der Waals surface area contributed by atoms with Crippen LogP contribution in [0.5, 0.6) is 5.75 Å². The molecule has 186 valence electrons. The zero-order valence-corrected chi connectivity index (χ0v) is 21.7. The Morgan fingerprint density at radius 1 is 1.11 bits per heavy atom. The third-order valence-corrected chi connectivity index (χ3v) is 10.1. The van der Waals surface area contributed by atoms with E-state index in [2.05, 4.69) is 36.1 Å². The highest BCUT2D eigenvalue weighted by atomic mass is 32.1. The van der Waals surface area contributed by atoms with E-state index < -0.39 is 0 Å². The fourth-order valence-corrected chi connectivity index (χ4v) is 7.52. The maximum Gasteiger partial charge on any atom is 0.276 e. The molecular formula is C30H33N3O2S. The Morgan fingerprint density at radius 2 is 1.89 bits per heavy atom. The quantitative estimate of drug-likeness (QED) is 0.394. The van der Waals surface area contributed by atoms with Crippen molar-refractivity contribution in [1.82, 2.24) is 14.5 Å². The number of thiophene rings is 1. The van der Waals surface area contributed by atoms with Gasteiger partial charge in [0.1, 0.15) is 16.6 Å². The van der Waals surface area contributed by atoms with Gasteiger partial charge in [-0.2, -0.15) is 0 Å². The summed E-state index contributed by atoms with van der Waals surface area (Å²) in [6.45, 7) is 0. The Kier molecular flexibility index (Phi) is 5.48. The predicted molar refractivity (Wildman–Crippen MR) is 144 cm³/mol. The van der Waals surface area contributed by atoms with Crippen molar-refractivity contribution in [3.05, 3.63) is 50.9 Å². The number of piperidine rings is 1. The van der Waals surface area contributed by atoms with Crippen LogP contribution >= 0.6 is 11.3 Å². The number of benzene rings is 1. The Bertz CT molecular complexity index is 1410. The van der Waals surface area contributed by atoms with E-state index >= 15 is 0 Å². The Hall–Kier alpha value is -2.62. The van der Waals surface area contributed by atoms with Crippen molar-refractivity contribution in [3.63, 3.8) is 0 Å². The van der Waals surface area contributed by atoms with Gasteiger partial charge in [0.2, 0.25) is 0 Å². The van der Waals surface area contributed by atoms with Crippen LogP contribution in [0.3, 0.4) is 0 Å². The molecule has 4 aliphatic rings. The van der Waals surface area contributed by atoms with Crippen molar-refractivity contribution in [3.8, 4) is 23.8 Å². The SMILES string of the molecule is C#Cc1nc2cc(C3CC3)sc2c(=O)n1-c1ccc(OC2CC3CCC(C2)N3C)c(CCC2CC2)c1. The third-order valence-electron chi connectivity index (χ3n) is 8.85. The van der Waals surface area contributed by atoms with Gasteiger partial charge in [-0.25, -0.2) is 4.98 Å². The minimum atomic E-state index is -0.0569. The number of terminal acetylenes is 1. The Labute approximate surface area is 216 Å². The molecule has 2 saturated carbocycles. The number of fused-ring (bicyclic) bond motifs is 3. The second kappa shape index (κ2) is 8.75. The lowest BCUT2D eigenvalue weighted by Crippen LogP contribution is -2.43. The fraction of sp³-hybridized carbons (Fsp3) is 0.533. The van der Waals surface area contributed by atoms with Crippen molar-refractivity contribution >= 4 is 21.6 Å². The number of hydrogen-bond donors (Lipinski definition) is 0. The lowest BCUT2D eigenvalue weighted by Gasteiger charge is -2.36. The van der Waals surface area contributed by atoms with Crippen LogP contribution < -0.4 is 10.3 Å². The standard InChI is InChI=1S/C30H33N3O2S/c1-3-28-31-25-17-27(19-8-9-19)36-29(25)30(34)33(28)23-12-13-26(20(14-23)7-6-18-4-5-18)35-24-15-21-10-11-22(16-24)32(21)2/h1,12-14,17-19,21-22,24H,4-11,15-16H2,2H3. The molecule has 0 radical (unpaired) electrons. The summed E-state index contributed by atoms with van der Waals surface area (Å²) in [5, 5.41) is 0. The molecule has 36 heavy (non-hydrogen) atoms. The number of aryl methyl sites for hydroxylation is 1. The molecule has 2 bridgehead atoms. The van der Waals surface area contributed by atoms with E-state index in [1.165, 1.54) is 55.4 Å². The fourth-order valence-electron chi connectivity index (χ4n) is 6.32. The van der Waals surface area contributed by atoms with E-state index in [-0.39, 0.29) is 11.7 Å². The molecule has 6 heteroatoms. The van der Waals surface area contributed by atoms with E-state index in [1.807, 2.05) is 6.07 Å². The molecule has 4 heterocycles. The Balaban J connectivity index is 1.25. The molecule has 4 fully saturated rings. The minimum absolute atomic E-state index is 0.0569. The van der Waals surface area contributed by atoms with Crippen LogP contribution in [0.4, 0.5) is 0 Å². The summed E-state index contributed by atoms with van der Waals surface area (Å²) < 4.78 is 9.03. The van der Waals surface area contributed by atoms with E-state index in [0.29, 0.717) is 28.5 Å². The first-order valence-electron chi connectivity index (χ1n) is 13.6. The number of hydrogen-bond acceptors (Lipinski definition) is 5. The van der Waals surface area contributed by atoms with Gasteiger partial charge >= 0.3 is 0 Å². The molecule has 2 unspecified atom stereocenters. The van der Waals surface area contributed by atoms with Crippen LogP contribution in [0.15, 0.2) is 29.1 Å². The summed E-state index contributed by atoms with van der Waals surface area (Å²) in [5.74, 6) is 5.45. The Morgan fingerprint density at radius 3 is 2.58 bits per heavy atom. The monoisotopic (exact) mass is 499 g/mol. The lowest BCUT2D eigenvalue weighted by molar-refractivity contribution is 0.0655. The number of rotatable bonds is 7. The molecule has 0 N–H and O–H groups in total. The second-order valence-corrected chi connectivity index (χ2v) is 12.5. The van der Waals surface area contributed by atoms with Crippen LogP contribution in [-0.4, -0.2) is 39.7 Å². The van der Waals surface area contributed by atoms with E-state index in [0.717, 1.165) is 42.1 Å². The zero-order valence-electron chi connectivity index (χ0n) is 20.9. The molecule has 0 amide bonds. The number of nitrogens with zero attached hydrogens (tertiary/aromatic N) is 3. The molecule has 3 aromatic rings. The molecule has 2 aliphatic heterocycles. The topological polar surface area (TPSA) is 47.4 Å². The van der Waals surface area contributed by atoms with Gasteiger partial charge in [-0.05, 0) is 106 Å². The summed E-state index contributed by atoms with van der Waals surface area (Å²) >= 11 is 1.59. The zero-order chi connectivity index (χ0) is 24.4. The summed E-state index contributed by atoms with van der Waals surface area (Å²) in [6.07, 6.45) is 18.1. The second-order valence-electron chi connectivity index (χ2n) is 11.4. The normalized spacial score (nSPS) is 25.8. The lowest BCUT2D eigenvalue weighted by atomic mass is 10.00. The van der Waals surface area contributed by atoms with E-state index in [4.69, 9.17) is 16.1 Å². The van der Waals surface area contributed by atoms with Crippen LogP contribution in [0.25, 0.3) is 15.9 Å². The van der Waals surface area contributed by atoms with Crippen LogP contribution in [0.2, 0.25) is 0 Å². The minimum Gasteiger partial charge on any atom is -0.490 e. The third kappa shape index (κ3) is 4.07. The molecule has 1 aromatic carbocycles. The first kappa shape index (κ1) is 22.6. The average molecular weight is 500 g/mol. The van der Waals surface area contributed by atoms with Crippen molar-refractivity contribution in [2.24, 2.45) is 5.92 Å². The van der Waals surface area contributed by atoms with Gasteiger partial charge < -0.3 is 9.64 Å². The van der Waals surface area contributed by atoms with Gasteiger partial charge in [-0.1, -0.05) is 12.8 Å². The average Bonchev–Trinajstić information content (AvgIpc) is 3.81. The van der Waals surface area contributed by atoms with Crippen LogP contribution in [-0.2, 0) is 6.42 Å². The highest BCUT2D eigenvalue weighted by Crippen LogP contribution is 2.44.